The maximum atomic E-state index is 4.76. The molecule has 70 valence electrons. The Morgan fingerprint density at radius 1 is 0.929 bits per heavy atom. The van der Waals surface area contributed by atoms with E-state index in [0.29, 0.717) is 5.82 Å². The van der Waals surface area contributed by atoms with Crippen LogP contribution in [0, 0.1) is 0 Å². The van der Waals surface area contributed by atoms with E-state index in [1.807, 2.05) is 30.3 Å². The summed E-state index contributed by atoms with van der Waals surface area (Å²) in [5.74, 6) is 0.492. The molecule has 0 aliphatic carbocycles. The van der Waals surface area contributed by atoms with Crippen molar-refractivity contribution < 1.29 is 4.74 Å². The van der Waals surface area contributed by atoms with Gasteiger partial charge in [0, 0.05) is 5.56 Å². The summed E-state index contributed by atoms with van der Waals surface area (Å²) in [6.07, 6.45) is 0. The third-order valence-corrected chi connectivity index (χ3v) is 1.68. The maximum Gasteiger partial charge on any atom is 0.354 e. The van der Waals surface area contributed by atoms with Crippen molar-refractivity contribution in [1.82, 2.24) is 20.4 Å². The van der Waals surface area contributed by atoms with E-state index >= 15 is 0 Å². The van der Waals surface area contributed by atoms with Gasteiger partial charge in [0.05, 0.1) is 7.11 Å². The molecule has 0 atom stereocenters. The summed E-state index contributed by atoms with van der Waals surface area (Å²) in [5.41, 5.74) is 0.884. The maximum absolute atomic E-state index is 4.76. The summed E-state index contributed by atoms with van der Waals surface area (Å²) in [4.78, 5) is 0. The van der Waals surface area contributed by atoms with E-state index in [-0.39, 0.29) is 6.01 Å². The Morgan fingerprint density at radius 2 is 1.57 bits per heavy atom. The summed E-state index contributed by atoms with van der Waals surface area (Å²) in [5, 5.41) is 15.2. The van der Waals surface area contributed by atoms with Crippen molar-refractivity contribution in [1.29, 1.82) is 0 Å². The van der Waals surface area contributed by atoms with E-state index in [1.165, 1.54) is 7.11 Å². The smallest absolute Gasteiger partial charge is 0.354 e. The molecule has 0 amide bonds. The number of nitrogens with zero attached hydrogens (tertiary/aromatic N) is 4. The van der Waals surface area contributed by atoms with Gasteiger partial charge in [-0.3, -0.25) is 0 Å². The second kappa shape index (κ2) is 3.78. The first kappa shape index (κ1) is 8.55. The van der Waals surface area contributed by atoms with Gasteiger partial charge in [0.15, 0.2) is 0 Å². The Labute approximate surface area is 80.8 Å². The summed E-state index contributed by atoms with van der Waals surface area (Å²) in [6, 6.07) is 9.69. The van der Waals surface area contributed by atoms with E-state index in [4.69, 9.17) is 4.74 Å². The lowest BCUT2D eigenvalue weighted by Gasteiger charge is -1.97. The van der Waals surface area contributed by atoms with Crippen LogP contribution in [-0.4, -0.2) is 27.5 Å². The number of benzene rings is 1. The highest BCUT2D eigenvalue weighted by atomic mass is 16.5. The van der Waals surface area contributed by atoms with Crippen molar-refractivity contribution in [2.24, 2.45) is 0 Å². The molecule has 5 nitrogen and oxygen atoms in total. The first-order valence-electron chi connectivity index (χ1n) is 4.07. The SMILES string of the molecule is COc1nnc(-c2ccccc2)nn1. The Hall–Kier alpha value is -2.04. The standard InChI is InChI=1S/C9H8N4O/c1-14-9-12-10-8(11-13-9)7-5-3-2-4-6-7/h2-6H,1H3. The van der Waals surface area contributed by atoms with Crippen LogP contribution < -0.4 is 4.74 Å². The zero-order valence-electron chi connectivity index (χ0n) is 7.58. The van der Waals surface area contributed by atoms with Crippen LogP contribution in [0.25, 0.3) is 11.4 Å². The highest BCUT2D eigenvalue weighted by Crippen LogP contribution is 2.11. The number of rotatable bonds is 2. The molecular weight excluding hydrogens is 180 g/mol. The van der Waals surface area contributed by atoms with E-state index in [0.717, 1.165) is 5.56 Å². The van der Waals surface area contributed by atoms with Crippen LogP contribution in [0.2, 0.25) is 0 Å². The molecule has 0 aliphatic rings. The zero-order chi connectivity index (χ0) is 9.80. The fraction of sp³-hybridized carbons (Fsp3) is 0.111. The molecule has 0 bridgehead atoms. The summed E-state index contributed by atoms with van der Waals surface area (Å²) in [7, 11) is 1.47. The highest BCUT2D eigenvalue weighted by molar-refractivity contribution is 5.52. The van der Waals surface area contributed by atoms with Crippen molar-refractivity contribution >= 4 is 0 Å². The third-order valence-electron chi connectivity index (χ3n) is 1.68. The molecule has 1 aromatic carbocycles. The summed E-state index contributed by atoms with van der Waals surface area (Å²) < 4.78 is 4.76. The van der Waals surface area contributed by atoms with Crippen LogP contribution in [0.5, 0.6) is 6.01 Å². The number of hydrogen-bond donors (Lipinski definition) is 0. The fourth-order valence-electron chi connectivity index (χ4n) is 1.00. The van der Waals surface area contributed by atoms with Crippen LogP contribution in [0.4, 0.5) is 0 Å². The van der Waals surface area contributed by atoms with Gasteiger partial charge < -0.3 is 4.74 Å². The number of methoxy groups -OCH3 is 1. The van der Waals surface area contributed by atoms with Crippen LogP contribution in [0.15, 0.2) is 30.3 Å². The second-order valence-corrected chi connectivity index (χ2v) is 2.58. The van der Waals surface area contributed by atoms with Gasteiger partial charge in [0.1, 0.15) is 0 Å². The number of ether oxygens (including phenoxy) is 1. The van der Waals surface area contributed by atoms with Gasteiger partial charge in [0.2, 0.25) is 5.82 Å². The molecule has 1 heterocycles. The van der Waals surface area contributed by atoms with E-state index in [2.05, 4.69) is 20.4 Å². The third kappa shape index (κ3) is 1.66. The highest BCUT2D eigenvalue weighted by Gasteiger charge is 2.02. The predicted molar refractivity (Wildman–Crippen MR) is 49.6 cm³/mol. The predicted octanol–water partition coefficient (Wildman–Crippen LogP) is 0.942. The van der Waals surface area contributed by atoms with Gasteiger partial charge in [-0.1, -0.05) is 40.5 Å². The molecule has 0 aliphatic heterocycles. The Kier molecular flexibility index (Phi) is 2.31. The molecule has 0 unspecified atom stereocenters. The number of aromatic nitrogens is 4. The molecule has 0 saturated carbocycles. The average Bonchev–Trinajstić information content (AvgIpc) is 2.30. The quantitative estimate of drug-likeness (QED) is 0.701. The van der Waals surface area contributed by atoms with Gasteiger partial charge >= 0.3 is 6.01 Å². The van der Waals surface area contributed by atoms with Crippen molar-refractivity contribution in [2.45, 2.75) is 0 Å². The normalized spacial score (nSPS) is 9.79. The van der Waals surface area contributed by atoms with Gasteiger partial charge in [-0.05, 0) is 0 Å². The lowest BCUT2D eigenvalue weighted by atomic mass is 10.2. The van der Waals surface area contributed by atoms with Crippen molar-refractivity contribution in [2.75, 3.05) is 7.11 Å². The second-order valence-electron chi connectivity index (χ2n) is 2.58. The molecular formula is C9H8N4O. The molecule has 0 fully saturated rings. The monoisotopic (exact) mass is 188 g/mol. The molecule has 1 aromatic heterocycles. The van der Waals surface area contributed by atoms with Gasteiger partial charge in [-0.15, -0.1) is 10.2 Å². The molecule has 0 saturated heterocycles. The van der Waals surface area contributed by atoms with Crippen LogP contribution in [-0.2, 0) is 0 Å². The topological polar surface area (TPSA) is 60.8 Å². The average molecular weight is 188 g/mol. The molecule has 0 radical (unpaired) electrons. The molecule has 2 aromatic rings. The number of hydrogen-bond acceptors (Lipinski definition) is 5. The minimum atomic E-state index is 0.171. The van der Waals surface area contributed by atoms with Crippen molar-refractivity contribution in [3.8, 4) is 17.4 Å². The molecule has 0 N–H and O–H groups in total. The molecule has 2 rings (SSSR count). The largest absolute Gasteiger partial charge is 0.465 e. The van der Waals surface area contributed by atoms with Crippen LogP contribution >= 0.6 is 0 Å². The minimum Gasteiger partial charge on any atom is -0.465 e. The summed E-state index contributed by atoms with van der Waals surface area (Å²) in [6.45, 7) is 0. The van der Waals surface area contributed by atoms with Gasteiger partial charge in [-0.2, -0.15) is 0 Å². The summed E-state index contributed by atoms with van der Waals surface area (Å²) >= 11 is 0. The van der Waals surface area contributed by atoms with E-state index in [9.17, 15) is 0 Å². The lowest BCUT2D eigenvalue weighted by molar-refractivity contribution is 0.366. The Bertz CT molecular complexity index is 401. The van der Waals surface area contributed by atoms with E-state index < -0.39 is 0 Å². The first-order valence-corrected chi connectivity index (χ1v) is 4.07. The van der Waals surface area contributed by atoms with Gasteiger partial charge in [0.25, 0.3) is 0 Å². The molecule has 0 spiro atoms. The van der Waals surface area contributed by atoms with Gasteiger partial charge in [-0.25, -0.2) is 0 Å². The Balaban J connectivity index is 2.34. The van der Waals surface area contributed by atoms with Crippen LogP contribution in [0.3, 0.4) is 0 Å². The minimum absolute atomic E-state index is 0.171. The van der Waals surface area contributed by atoms with E-state index in [1.54, 1.807) is 0 Å². The first-order chi connectivity index (χ1) is 6.90. The molecule has 5 heteroatoms. The van der Waals surface area contributed by atoms with Crippen LogP contribution in [0.1, 0.15) is 0 Å². The fourth-order valence-corrected chi connectivity index (χ4v) is 1.00. The van der Waals surface area contributed by atoms with Crippen molar-refractivity contribution in [3.05, 3.63) is 30.3 Å². The Morgan fingerprint density at radius 3 is 2.14 bits per heavy atom. The lowest BCUT2D eigenvalue weighted by Crippen LogP contribution is -1.99. The zero-order valence-corrected chi connectivity index (χ0v) is 7.58. The molecule has 14 heavy (non-hydrogen) atoms. The van der Waals surface area contributed by atoms with Crippen molar-refractivity contribution in [3.63, 3.8) is 0 Å².